The zero-order valence-corrected chi connectivity index (χ0v) is 23.3. The quantitative estimate of drug-likeness (QED) is 0.326. The van der Waals surface area contributed by atoms with Gasteiger partial charge in [0.25, 0.3) is 0 Å². The molecule has 1 heterocycles. The number of nitrogens with zero attached hydrogens (tertiary/aromatic N) is 1. The molecule has 5 heteroatoms. The third kappa shape index (κ3) is 4.36. The molecule has 0 saturated heterocycles. The Hall–Kier alpha value is -1.65. The van der Waals surface area contributed by atoms with E-state index in [0.29, 0.717) is 35.5 Å². The molecule has 3 fully saturated rings. The number of allylic oxidation sites excluding steroid dienone is 1. The van der Waals surface area contributed by atoms with Crippen LogP contribution in [-0.2, 0) is 19.1 Å². The van der Waals surface area contributed by atoms with Crippen LogP contribution in [0.3, 0.4) is 0 Å². The van der Waals surface area contributed by atoms with Gasteiger partial charge in [-0.2, -0.15) is 0 Å². The number of esters is 2. The smallest absolute Gasteiger partial charge is 0.302 e. The van der Waals surface area contributed by atoms with Crippen LogP contribution in [0.2, 0.25) is 0 Å². The first-order chi connectivity index (χ1) is 17.0. The zero-order valence-electron chi connectivity index (χ0n) is 23.3. The molecular weight excluding hydrogens is 450 g/mol. The predicted molar refractivity (Wildman–Crippen MR) is 142 cm³/mol. The van der Waals surface area contributed by atoms with Gasteiger partial charge in [-0.15, -0.1) is 0 Å². The van der Waals surface area contributed by atoms with E-state index in [-0.39, 0.29) is 35.0 Å². The van der Waals surface area contributed by atoms with Crippen molar-refractivity contribution < 1.29 is 19.1 Å². The summed E-state index contributed by atoms with van der Waals surface area (Å²) in [4.78, 5) is 28.8. The fourth-order valence-electron chi connectivity index (χ4n) is 9.63. The van der Waals surface area contributed by atoms with E-state index < -0.39 is 0 Å². The minimum Gasteiger partial charge on any atom is -0.462 e. The van der Waals surface area contributed by atoms with Gasteiger partial charge < -0.3 is 9.47 Å². The molecule has 0 bridgehead atoms. The summed E-state index contributed by atoms with van der Waals surface area (Å²) in [6, 6.07) is 0. The number of carbonyl (C=O) groups is 2. The van der Waals surface area contributed by atoms with Gasteiger partial charge in [0.1, 0.15) is 12.2 Å². The highest BCUT2D eigenvalue weighted by Crippen LogP contribution is 2.67. The van der Waals surface area contributed by atoms with E-state index in [1.807, 2.05) is 0 Å². The fourth-order valence-corrected chi connectivity index (χ4v) is 9.63. The molecule has 5 aliphatic rings. The molecule has 0 amide bonds. The maximum atomic E-state index is 12.2. The van der Waals surface area contributed by atoms with Gasteiger partial charge in [0.05, 0.1) is 0 Å². The number of aliphatic imine (C=N–C) groups is 1. The first-order valence-electron chi connectivity index (χ1n) is 14.6. The second kappa shape index (κ2) is 9.58. The molecule has 0 aromatic rings. The molecule has 200 valence electrons. The molecule has 36 heavy (non-hydrogen) atoms. The topological polar surface area (TPSA) is 65.0 Å². The van der Waals surface area contributed by atoms with E-state index in [1.165, 1.54) is 37.5 Å². The number of ether oxygens (including phenoxy) is 2. The summed E-state index contributed by atoms with van der Waals surface area (Å²) in [5.41, 5.74) is 3.25. The highest BCUT2D eigenvalue weighted by atomic mass is 16.5. The normalized spacial score (nSPS) is 44.8. The summed E-state index contributed by atoms with van der Waals surface area (Å²) < 4.78 is 11.7. The van der Waals surface area contributed by atoms with Crippen molar-refractivity contribution in [3.63, 3.8) is 0 Å². The van der Waals surface area contributed by atoms with Crippen molar-refractivity contribution in [2.75, 3.05) is 6.54 Å². The molecule has 0 radical (unpaired) electrons. The van der Waals surface area contributed by atoms with Crippen LogP contribution in [0.5, 0.6) is 0 Å². The van der Waals surface area contributed by atoms with E-state index in [0.717, 1.165) is 45.1 Å². The average molecular weight is 498 g/mol. The lowest BCUT2D eigenvalue weighted by atomic mass is 9.47. The van der Waals surface area contributed by atoms with E-state index in [4.69, 9.17) is 14.5 Å². The third-order valence-electron chi connectivity index (χ3n) is 11.4. The van der Waals surface area contributed by atoms with Crippen molar-refractivity contribution in [1.82, 2.24) is 0 Å². The van der Waals surface area contributed by atoms with Crippen LogP contribution >= 0.6 is 0 Å². The summed E-state index contributed by atoms with van der Waals surface area (Å²) in [5.74, 6) is 2.93. The summed E-state index contributed by atoms with van der Waals surface area (Å²) in [5, 5.41) is 0. The Kier molecular flexibility index (Phi) is 6.91. The molecule has 0 unspecified atom stereocenters. The van der Waals surface area contributed by atoms with Gasteiger partial charge in [0.15, 0.2) is 0 Å². The number of hydrogen-bond acceptors (Lipinski definition) is 5. The number of carbonyl (C=O) groups excluding carboxylic acids is 2. The Labute approximate surface area is 217 Å². The number of fused-ring (bicyclic) bond motifs is 5. The van der Waals surface area contributed by atoms with Crippen molar-refractivity contribution in [3.05, 3.63) is 11.6 Å². The molecule has 1 aliphatic heterocycles. The molecule has 0 spiro atoms. The molecule has 10 atom stereocenters. The Morgan fingerprint density at radius 2 is 1.81 bits per heavy atom. The predicted octanol–water partition coefficient (Wildman–Crippen LogP) is 6.55. The molecule has 0 N–H and O–H groups in total. The molecule has 5 rings (SSSR count). The van der Waals surface area contributed by atoms with Crippen LogP contribution in [0.25, 0.3) is 0 Å². The summed E-state index contributed by atoms with van der Waals surface area (Å²) in [7, 11) is 0. The Balaban J connectivity index is 1.43. The van der Waals surface area contributed by atoms with Gasteiger partial charge in [-0.05, 0) is 85.9 Å². The second-order valence-corrected chi connectivity index (χ2v) is 13.5. The average Bonchev–Trinajstić information content (AvgIpc) is 3.10. The second-order valence-electron chi connectivity index (χ2n) is 13.5. The van der Waals surface area contributed by atoms with E-state index >= 15 is 0 Å². The van der Waals surface area contributed by atoms with Gasteiger partial charge in [-0.25, -0.2) is 0 Å². The van der Waals surface area contributed by atoms with Crippen LogP contribution in [0.1, 0.15) is 99.3 Å². The van der Waals surface area contributed by atoms with Crippen LogP contribution in [0.15, 0.2) is 16.6 Å². The van der Waals surface area contributed by atoms with Crippen LogP contribution in [0.4, 0.5) is 0 Å². The van der Waals surface area contributed by atoms with Crippen LogP contribution < -0.4 is 0 Å². The van der Waals surface area contributed by atoms with Gasteiger partial charge in [0.2, 0.25) is 0 Å². The van der Waals surface area contributed by atoms with Gasteiger partial charge >= 0.3 is 11.9 Å². The summed E-state index contributed by atoms with van der Waals surface area (Å²) >= 11 is 0. The summed E-state index contributed by atoms with van der Waals surface area (Å²) in [6.07, 6.45) is 12.3. The minimum atomic E-state index is -0.161. The maximum absolute atomic E-state index is 12.2. The fraction of sp³-hybridized carbons (Fsp3) is 0.839. The molecule has 3 saturated carbocycles. The van der Waals surface area contributed by atoms with E-state index in [1.54, 1.807) is 6.92 Å². The SMILES string of the molecule is CC(=O)O[C@H]1CC[C@@]2(C)C(=CC[C@H]3[C@@H]4C[C@@H](OC(C)=O)[C@H]([C@H](C)C5=NC[C@H](C)CC5)[C@@]4(C)CC[C@@H]32)C1. The van der Waals surface area contributed by atoms with Crippen LogP contribution in [-0.4, -0.2) is 36.4 Å². The molecular formula is C31H47NO4. The molecule has 0 aromatic heterocycles. The maximum Gasteiger partial charge on any atom is 0.302 e. The van der Waals surface area contributed by atoms with Gasteiger partial charge in [0, 0.05) is 44.4 Å². The lowest BCUT2D eigenvalue weighted by molar-refractivity contribution is -0.150. The monoisotopic (exact) mass is 497 g/mol. The van der Waals surface area contributed by atoms with Crippen molar-refractivity contribution in [1.29, 1.82) is 0 Å². The number of hydrogen-bond donors (Lipinski definition) is 0. The third-order valence-corrected chi connectivity index (χ3v) is 11.4. The highest BCUT2D eigenvalue weighted by Gasteiger charge is 2.63. The molecule has 4 aliphatic carbocycles. The van der Waals surface area contributed by atoms with Crippen molar-refractivity contribution in [2.45, 2.75) is 112 Å². The molecule has 5 nitrogen and oxygen atoms in total. The van der Waals surface area contributed by atoms with Crippen molar-refractivity contribution in [3.8, 4) is 0 Å². The van der Waals surface area contributed by atoms with Crippen LogP contribution in [0, 0.1) is 46.3 Å². The molecule has 0 aromatic carbocycles. The van der Waals surface area contributed by atoms with E-state index in [2.05, 4.69) is 33.8 Å². The van der Waals surface area contributed by atoms with E-state index in [9.17, 15) is 9.59 Å². The first kappa shape index (κ1) is 26.0. The lowest BCUT2D eigenvalue weighted by Crippen LogP contribution is -2.51. The van der Waals surface area contributed by atoms with Crippen molar-refractivity contribution >= 4 is 17.7 Å². The Morgan fingerprint density at radius 1 is 1.06 bits per heavy atom. The lowest BCUT2D eigenvalue weighted by Gasteiger charge is -2.58. The number of rotatable bonds is 4. The van der Waals surface area contributed by atoms with Gasteiger partial charge in [-0.1, -0.05) is 39.3 Å². The zero-order chi connectivity index (χ0) is 25.8. The Morgan fingerprint density at radius 3 is 2.47 bits per heavy atom. The standard InChI is InChI=1S/C31H47NO4/c1-18-7-10-27(32-17-18)19(2)29-28(36-21(4)34)16-26-24-9-8-22-15-23(35-20(3)33)11-13-30(22,5)25(24)12-14-31(26,29)6/h8,18-19,23-26,28-29H,7,9-17H2,1-6H3/t18-,19-,23+,24-,25+,26+,28-,29+,30+,31+/m1/s1. The highest BCUT2D eigenvalue weighted by molar-refractivity contribution is 5.87. The largest absolute Gasteiger partial charge is 0.462 e. The van der Waals surface area contributed by atoms with Crippen molar-refractivity contribution in [2.24, 2.45) is 51.3 Å². The first-order valence-corrected chi connectivity index (χ1v) is 14.6. The minimum absolute atomic E-state index is 0.00816. The summed E-state index contributed by atoms with van der Waals surface area (Å²) in [6.45, 7) is 13.7. The Bertz CT molecular complexity index is 954. The van der Waals surface area contributed by atoms with Gasteiger partial charge in [-0.3, -0.25) is 14.6 Å².